The van der Waals surface area contributed by atoms with Gasteiger partial charge in [0.25, 0.3) is 0 Å². The lowest BCUT2D eigenvalue weighted by molar-refractivity contribution is 0.0661. The number of hydrogen-bond acceptors (Lipinski definition) is 4. The van der Waals surface area contributed by atoms with Gasteiger partial charge in [-0.15, -0.1) is 11.3 Å². The molecule has 104 valence electrons. The molecule has 0 aromatic carbocycles. The monoisotopic (exact) mass is 289 g/mol. The van der Waals surface area contributed by atoms with E-state index in [1.165, 1.54) is 23.3 Å². The maximum Gasteiger partial charge on any atom is 0.373 e. The summed E-state index contributed by atoms with van der Waals surface area (Å²) in [5.41, 5.74) is 2.03. The smallest absolute Gasteiger partial charge is 0.373 e. The maximum absolute atomic E-state index is 11.3. The number of carboxylic acids is 1. The molecule has 4 nitrogen and oxygen atoms in total. The van der Waals surface area contributed by atoms with Gasteiger partial charge in [-0.05, 0) is 50.2 Å². The lowest BCUT2D eigenvalue weighted by atomic mass is 9.99. The summed E-state index contributed by atoms with van der Waals surface area (Å²) >= 11 is 1.71. The highest BCUT2D eigenvalue weighted by molar-refractivity contribution is 7.15. The molecule has 0 saturated heterocycles. The maximum atomic E-state index is 11.3. The van der Waals surface area contributed by atoms with E-state index < -0.39 is 5.97 Å². The second-order valence-corrected chi connectivity index (χ2v) is 6.72. The van der Waals surface area contributed by atoms with E-state index in [0.717, 1.165) is 30.6 Å². The molecule has 4 rings (SSSR count). The van der Waals surface area contributed by atoms with Crippen LogP contribution in [0.5, 0.6) is 0 Å². The Kier molecular flexibility index (Phi) is 2.70. The molecule has 1 fully saturated rings. The molecule has 0 spiro atoms. The first-order valence-corrected chi connectivity index (χ1v) is 7.90. The molecule has 0 aliphatic heterocycles. The number of nitrogens with zero attached hydrogens (tertiary/aromatic N) is 1. The van der Waals surface area contributed by atoms with Gasteiger partial charge >= 0.3 is 5.97 Å². The van der Waals surface area contributed by atoms with Crippen LogP contribution in [0.1, 0.15) is 58.3 Å². The van der Waals surface area contributed by atoms with Crippen LogP contribution in [0.2, 0.25) is 0 Å². The third kappa shape index (κ3) is 1.97. The Hall–Kier alpha value is -1.62. The summed E-state index contributed by atoms with van der Waals surface area (Å²) in [6.45, 7) is 0. The fourth-order valence-electron chi connectivity index (χ4n) is 2.82. The molecule has 0 unspecified atom stereocenters. The van der Waals surface area contributed by atoms with Crippen molar-refractivity contribution < 1.29 is 14.3 Å². The number of oxazole rings is 1. The van der Waals surface area contributed by atoms with E-state index >= 15 is 0 Å². The Morgan fingerprint density at radius 2 is 2.15 bits per heavy atom. The number of carbonyl (C=O) groups is 1. The Morgan fingerprint density at radius 3 is 2.85 bits per heavy atom. The van der Waals surface area contributed by atoms with Gasteiger partial charge in [0.05, 0.1) is 10.6 Å². The first-order valence-electron chi connectivity index (χ1n) is 7.08. The van der Waals surface area contributed by atoms with Crippen LogP contribution >= 0.6 is 11.3 Å². The molecule has 0 atom stereocenters. The van der Waals surface area contributed by atoms with E-state index in [9.17, 15) is 9.90 Å². The average molecular weight is 289 g/mol. The number of rotatable bonds is 3. The number of aromatic carboxylic acids is 1. The van der Waals surface area contributed by atoms with Crippen LogP contribution in [-0.2, 0) is 12.8 Å². The zero-order valence-electron chi connectivity index (χ0n) is 11.0. The number of fused-ring (bicyclic) bond motifs is 1. The molecule has 0 amide bonds. The minimum Gasteiger partial charge on any atom is -0.475 e. The highest BCUT2D eigenvalue weighted by atomic mass is 32.1. The zero-order chi connectivity index (χ0) is 13.7. The first-order chi connectivity index (χ1) is 9.72. The van der Waals surface area contributed by atoms with Gasteiger partial charge in [0.15, 0.2) is 0 Å². The average Bonchev–Trinajstić information content (AvgIpc) is 3.04. The van der Waals surface area contributed by atoms with Crippen LogP contribution < -0.4 is 0 Å². The topological polar surface area (TPSA) is 63.3 Å². The molecular weight excluding hydrogens is 274 g/mol. The zero-order valence-corrected chi connectivity index (χ0v) is 11.8. The number of hydrogen-bond donors (Lipinski definition) is 1. The summed E-state index contributed by atoms with van der Waals surface area (Å²) in [5.74, 6) is -0.197. The molecule has 2 aromatic rings. The SMILES string of the molecule is O=C(O)c1oc(-c2cc3c(s2)CCCC3)nc1C1CC1. The predicted octanol–water partition coefficient (Wildman–Crippen LogP) is 3.86. The van der Waals surface area contributed by atoms with Gasteiger partial charge in [-0.25, -0.2) is 9.78 Å². The molecule has 1 saturated carbocycles. The number of aryl methyl sites for hydroxylation is 2. The summed E-state index contributed by atoms with van der Waals surface area (Å²) in [6, 6.07) is 2.13. The number of aromatic nitrogens is 1. The first kappa shape index (κ1) is 12.1. The summed E-state index contributed by atoms with van der Waals surface area (Å²) in [5, 5.41) is 9.23. The van der Waals surface area contributed by atoms with Crippen molar-refractivity contribution in [2.45, 2.75) is 44.4 Å². The van der Waals surface area contributed by atoms with Gasteiger partial charge in [0.2, 0.25) is 11.7 Å². The second-order valence-electron chi connectivity index (χ2n) is 5.58. The van der Waals surface area contributed by atoms with Gasteiger partial charge in [0, 0.05) is 10.8 Å². The Labute approximate surface area is 120 Å². The second kappa shape index (κ2) is 4.45. The summed E-state index contributed by atoms with van der Waals surface area (Å²) in [6.07, 6.45) is 6.77. The summed E-state index contributed by atoms with van der Waals surface area (Å²) < 4.78 is 5.54. The van der Waals surface area contributed by atoms with Crippen molar-refractivity contribution >= 4 is 17.3 Å². The lowest BCUT2D eigenvalue weighted by Crippen LogP contribution is -1.98. The standard InChI is InChI=1S/C15H15NO3S/c17-15(18)13-12(8-5-6-8)16-14(19-13)11-7-9-3-1-2-4-10(9)20-11/h7-8H,1-6H2,(H,17,18). The van der Waals surface area contributed by atoms with E-state index in [1.807, 2.05) is 0 Å². The lowest BCUT2D eigenvalue weighted by Gasteiger charge is -2.08. The molecule has 0 radical (unpaired) electrons. The van der Waals surface area contributed by atoms with Crippen LogP contribution in [0.3, 0.4) is 0 Å². The van der Waals surface area contributed by atoms with E-state index in [2.05, 4.69) is 11.1 Å². The van der Waals surface area contributed by atoms with Gasteiger partial charge in [-0.1, -0.05) is 0 Å². The van der Waals surface area contributed by atoms with Gasteiger partial charge in [-0.2, -0.15) is 0 Å². The minimum absolute atomic E-state index is 0.0360. The minimum atomic E-state index is -1.01. The number of thiophene rings is 1. The highest BCUT2D eigenvalue weighted by Crippen LogP contribution is 2.43. The molecule has 1 N–H and O–H groups in total. The molecule has 0 bridgehead atoms. The van der Waals surface area contributed by atoms with Crippen LogP contribution in [0.25, 0.3) is 10.8 Å². The van der Waals surface area contributed by atoms with Crippen molar-refractivity contribution in [1.82, 2.24) is 4.98 Å². The molecule has 5 heteroatoms. The molecule has 2 aromatic heterocycles. The largest absolute Gasteiger partial charge is 0.475 e. The van der Waals surface area contributed by atoms with Crippen molar-refractivity contribution in [3.05, 3.63) is 28.0 Å². The third-order valence-corrected chi connectivity index (χ3v) is 5.24. The van der Waals surface area contributed by atoms with Crippen molar-refractivity contribution in [2.24, 2.45) is 0 Å². The molecule has 20 heavy (non-hydrogen) atoms. The van der Waals surface area contributed by atoms with Gasteiger partial charge < -0.3 is 9.52 Å². The summed E-state index contributed by atoms with van der Waals surface area (Å²) in [7, 11) is 0. The van der Waals surface area contributed by atoms with Crippen LogP contribution in [-0.4, -0.2) is 16.1 Å². The number of carboxylic acid groups (broad SMARTS) is 1. The van der Waals surface area contributed by atoms with E-state index in [-0.39, 0.29) is 11.7 Å². The van der Waals surface area contributed by atoms with Gasteiger partial charge in [-0.3, -0.25) is 0 Å². The Bertz CT molecular complexity index is 658. The van der Waals surface area contributed by atoms with Gasteiger partial charge in [0.1, 0.15) is 0 Å². The van der Waals surface area contributed by atoms with Crippen molar-refractivity contribution in [3.8, 4) is 10.8 Å². The van der Waals surface area contributed by atoms with E-state index in [1.54, 1.807) is 11.3 Å². The Morgan fingerprint density at radius 1 is 1.35 bits per heavy atom. The predicted molar refractivity (Wildman–Crippen MR) is 75.4 cm³/mol. The van der Waals surface area contributed by atoms with Crippen LogP contribution in [0.4, 0.5) is 0 Å². The fourth-order valence-corrected chi connectivity index (χ4v) is 4.00. The Balaban J connectivity index is 1.76. The van der Waals surface area contributed by atoms with Crippen molar-refractivity contribution in [3.63, 3.8) is 0 Å². The van der Waals surface area contributed by atoms with Crippen molar-refractivity contribution in [2.75, 3.05) is 0 Å². The molecule has 2 aliphatic rings. The van der Waals surface area contributed by atoms with E-state index in [0.29, 0.717) is 11.6 Å². The molecule has 2 heterocycles. The third-order valence-electron chi connectivity index (χ3n) is 4.02. The highest BCUT2D eigenvalue weighted by Gasteiger charge is 2.34. The normalized spacial score (nSPS) is 18.0. The van der Waals surface area contributed by atoms with E-state index in [4.69, 9.17) is 4.42 Å². The fraction of sp³-hybridized carbons (Fsp3) is 0.467. The summed E-state index contributed by atoms with van der Waals surface area (Å²) in [4.78, 5) is 18.1. The van der Waals surface area contributed by atoms with Crippen LogP contribution in [0, 0.1) is 0 Å². The van der Waals surface area contributed by atoms with Crippen molar-refractivity contribution in [1.29, 1.82) is 0 Å². The van der Waals surface area contributed by atoms with Crippen LogP contribution in [0.15, 0.2) is 10.5 Å². The molecular formula is C15H15NO3S. The quantitative estimate of drug-likeness (QED) is 0.932. The molecule has 2 aliphatic carbocycles.